The molecular formula is C33H38N4O5. The fourth-order valence-corrected chi connectivity index (χ4v) is 6.37. The van der Waals surface area contributed by atoms with Crippen LogP contribution in [0.15, 0.2) is 72.8 Å². The summed E-state index contributed by atoms with van der Waals surface area (Å²) in [5.74, 6) is -1.86. The Morgan fingerprint density at radius 2 is 1.50 bits per heavy atom. The quantitative estimate of drug-likeness (QED) is 0.343. The molecule has 42 heavy (non-hydrogen) atoms. The molecule has 0 aliphatic carbocycles. The normalized spacial score (nSPS) is 19.9. The molecule has 2 saturated heterocycles. The van der Waals surface area contributed by atoms with Crippen LogP contribution in [0.3, 0.4) is 0 Å². The van der Waals surface area contributed by atoms with E-state index in [9.17, 15) is 24.3 Å². The average Bonchev–Trinajstić information content (AvgIpc) is 3.67. The topological polar surface area (TPSA) is 133 Å². The SMILES string of the molecule is NC(Cc1cccc2ccccc12)C(=O)N1CCCC1C(=O)N1CCCC1C(=O)NC(CC(=O)O)Cc1ccccc1. The van der Waals surface area contributed by atoms with Gasteiger partial charge in [-0.25, -0.2) is 0 Å². The lowest BCUT2D eigenvalue weighted by molar-refractivity contribution is -0.147. The number of aliphatic carboxylic acids is 1. The zero-order valence-electron chi connectivity index (χ0n) is 23.7. The van der Waals surface area contributed by atoms with Crippen molar-refractivity contribution in [3.05, 3.63) is 83.9 Å². The van der Waals surface area contributed by atoms with Gasteiger partial charge in [-0.05, 0) is 60.4 Å². The number of likely N-dealkylation sites (tertiary alicyclic amines) is 2. The first-order valence-corrected chi connectivity index (χ1v) is 14.7. The molecule has 3 aromatic rings. The molecule has 220 valence electrons. The number of hydrogen-bond acceptors (Lipinski definition) is 5. The zero-order chi connectivity index (χ0) is 29.6. The van der Waals surface area contributed by atoms with Crippen molar-refractivity contribution in [2.75, 3.05) is 13.1 Å². The predicted molar refractivity (Wildman–Crippen MR) is 159 cm³/mol. The minimum absolute atomic E-state index is 0.221. The van der Waals surface area contributed by atoms with Crippen LogP contribution < -0.4 is 11.1 Å². The molecule has 4 atom stereocenters. The summed E-state index contributed by atoms with van der Waals surface area (Å²) in [4.78, 5) is 55.4. The van der Waals surface area contributed by atoms with Gasteiger partial charge < -0.3 is 26.0 Å². The van der Waals surface area contributed by atoms with Gasteiger partial charge >= 0.3 is 5.97 Å². The molecule has 3 amide bonds. The van der Waals surface area contributed by atoms with Crippen molar-refractivity contribution < 1.29 is 24.3 Å². The van der Waals surface area contributed by atoms with E-state index in [1.165, 1.54) is 0 Å². The van der Waals surface area contributed by atoms with Crippen LogP contribution in [0.5, 0.6) is 0 Å². The summed E-state index contributed by atoms with van der Waals surface area (Å²) >= 11 is 0. The third-order valence-corrected chi connectivity index (χ3v) is 8.39. The number of hydrogen-bond donors (Lipinski definition) is 3. The number of amides is 3. The van der Waals surface area contributed by atoms with Gasteiger partial charge in [-0.1, -0.05) is 72.8 Å². The molecule has 2 fully saturated rings. The Morgan fingerprint density at radius 1 is 0.833 bits per heavy atom. The van der Waals surface area contributed by atoms with E-state index in [0.29, 0.717) is 51.6 Å². The Morgan fingerprint density at radius 3 is 2.26 bits per heavy atom. The van der Waals surface area contributed by atoms with Crippen LogP contribution in [0.1, 0.15) is 43.2 Å². The molecule has 0 aromatic heterocycles. The largest absolute Gasteiger partial charge is 0.481 e. The second-order valence-electron chi connectivity index (χ2n) is 11.3. The fraction of sp³-hybridized carbons (Fsp3) is 0.394. The van der Waals surface area contributed by atoms with E-state index in [4.69, 9.17) is 5.73 Å². The van der Waals surface area contributed by atoms with E-state index in [-0.39, 0.29) is 24.1 Å². The van der Waals surface area contributed by atoms with Crippen molar-refractivity contribution in [3.63, 3.8) is 0 Å². The van der Waals surface area contributed by atoms with Crippen LogP contribution in [0.2, 0.25) is 0 Å². The van der Waals surface area contributed by atoms with Crippen molar-refractivity contribution in [3.8, 4) is 0 Å². The van der Waals surface area contributed by atoms with Crippen LogP contribution in [0.4, 0.5) is 0 Å². The number of nitrogens with one attached hydrogen (secondary N) is 1. The lowest BCUT2D eigenvalue weighted by Crippen LogP contribution is -2.56. The van der Waals surface area contributed by atoms with Gasteiger partial charge in [-0.3, -0.25) is 19.2 Å². The molecule has 0 spiro atoms. The van der Waals surface area contributed by atoms with Crippen LogP contribution in [-0.2, 0) is 32.0 Å². The Bertz CT molecular complexity index is 1440. The summed E-state index contributed by atoms with van der Waals surface area (Å²) in [6, 6.07) is 20.6. The smallest absolute Gasteiger partial charge is 0.305 e. The average molecular weight is 571 g/mol. The molecule has 3 aromatic carbocycles. The van der Waals surface area contributed by atoms with E-state index in [1.807, 2.05) is 72.8 Å². The predicted octanol–water partition coefficient (Wildman–Crippen LogP) is 2.89. The monoisotopic (exact) mass is 570 g/mol. The van der Waals surface area contributed by atoms with E-state index < -0.39 is 30.1 Å². The van der Waals surface area contributed by atoms with E-state index >= 15 is 0 Å². The fourth-order valence-electron chi connectivity index (χ4n) is 6.37. The van der Waals surface area contributed by atoms with Crippen molar-refractivity contribution in [1.29, 1.82) is 0 Å². The van der Waals surface area contributed by atoms with Gasteiger partial charge in [-0.2, -0.15) is 0 Å². The van der Waals surface area contributed by atoms with E-state index in [1.54, 1.807) is 9.80 Å². The summed E-state index contributed by atoms with van der Waals surface area (Å²) < 4.78 is 0. The number of rotatable bonds is 10. The molecule has 5 rings (SSSR count). The number of nitrogens with zero attached hydrogens (tertiary/aromatic N) is 2. The first-order chi connectivity index (χ1) is 20.3. The first kappa shape index (κ1) is 29.3. The van der Waals surface area contributed by atoms with Gasteiger partial charge in [0.15, 0.2) is 0 Å². The van der Waals surface area contributed by atoms with Crippen LogP contribution in [0.25, 0.3) is 10.8 Å². The maximum Gasteiger partial charge on any atom is 0.305 e. The third-order valence-electron chi connectivity index (χ3n) is 8.39. The molecule has 4 N–H and O–H groups in total. The second kappa shape index (κ2) is 13.2. The van der Waals surface area contributed by atoms with Crippen LogP contribution >= 0.6 is 0 Å². The number of carbonyl (C=O) groups excluding carboxylic acids is 3. The highest BCUT2D eigenvalue weighted by atomic mass is 16.4. The molecule has 0 radical (unpaired) electrons. The van der Waals surface area contributed by atoms with Crippen LogP contribution in [0, 0.1) is 0 Å². The van der Waals surface area contributed by atoms with Gasteiger partial charge in [0.1, 0.15) is 12.1 Å². The van der Waals surface area contributed by atoms with Gasteiger partial charge in [-0.15, -0.1) is 0 Å². The minimum Gasteiger partial charge on any atom is -0.481 e. The minimum atomic E-state index is -1.00. The molecule has 9 nitrogen and oxygen atoms in total. The van der Waals surface area contributed by atoms with Crippen molar-refractivity contribution in [1.82, 2.24) is 15.1 Å². The van der Waals surface area contributed by atoms with E-state index in [0.717, 1.165) is 21.9 Å². The second-order valence-corrected chi connectivity index (χ2v) is 11.3. The number of benzene rings is 3. The lowest BCUT2D eigenvalue weighted by atomic mass is 9.98. The molecule has 0 saturated carbocycles. The standard InChI is InChI=1S/C33H38N4O5/c34-27(20-24-13-6-12-23-11-4-5-14-26(23)24)32(41)37-18-8-16-29(37)33(42)36-17-7-15-28(36)31(40)35-25(21-30(38)39)19-22-9-2-1-3-10-22/h1-6,9-14,25,27-29H,7-8,15-21,34H2,(H,35,40)(H,38,39). The summed E-state index contributed by atoms with van der Waals surface area (Å²) in [7, 11) is 0. The third kappa shape index (κ3) is 6.62. The molecule has 2 heterocycles. The van der Waals surface area contributed by atoms with Gasteiger partial charge in [0.25, 0.3) is 0 Å². The number of nitrogens with two attached hydrogens (primary N) is 1. The Hall–Kier alpha value is -4.24. The Labute approximate surface area is 245 Å². The molecular weight excluding hydrogens is 532 g/mol. The molecule has 4 unspecified atom stereocenters. The van der Waals surface area contributed by atoms with Crippen molar-refractivity contribution >= 4 is 34.5 Å². The van der Waals surface area contributed by atoms with Crippen molar-refractivity contribution in [2.24, 2.45) is 5.73 Å². The molecule has 2 aliphatic rings. The molecule has 2 aliphatic heterocycles. The summed E-state index contributed by atoms with van der Waals surface area (Å²) in [5, 5.41) is 14.5. The van der Waals surface area contributed by atoms with E-state index in [2.05, 4.69) is 5.32 Å². The van der Waals surface area contributed by atoms with Crippen LogP contribution in [-0.4, -0.2) is 75.9 Å². The van der Waals surface area contributed by atoms with Gasteiger partial charge in [0, 0.05) is 19.1 Å². The highest BCUT2D eigenvalue weighted by molar-refractivity contribution is 5.94. The zero-order valence-corrected chi connectivity index (χ0v) is 23.7. The number of carboxylic acids is 1. The maximum atomic E-state index is 13.8. The summed E-state index contributed by atoms with van der Waals surface area (Å²) in [6.07, 6.45) is 2.87. The molecule has 9 heteroatoms. The number of carboxylic acid groups (broad SMARTS) is 1. The van der Waals surface area contributed by atoms with Gasteiger partial charge in [0.05, 0.1) is 12.5 Å². The van der Waals surface area contributed by atoms with Gasteiger partial charge in [0.2, 0.25) is 17.7 Å². The Balaban J connectivity index is 1.25. The number of fused-ring (bicyclic) bond motifs is 1. The Kier molecular flexibility index (Phi) is 9.17. The summed E-state index contributed by atoms with van der Waals surface area (Å²) in [6.45, 7) is 0.862. The summed E-state index contributed by atoms with van der Waals surface area (Å²) in [5.41, 5.74) is 8.35. The maximum absolute atomic E-state index is 13.8. The highest BCUT2D eigenvalue weighted by Crippen LogP contribution is 2.27. The molecule has 0 bridgehead atoms. The first-order valence-electron chi connectivity index (χ1n) is 14.7. The lowest BCUT2D eigenvalue weighted by Gasteiger charge is -2.32. The van der Waals surface area contributed by atoms with Crippen molar-refractivity contribution in [2.45, 2.75) is 69.1 Å². The highest BCUT2D eigenvalue weighted by Gasteiger charge is 2.43. The number of carbonyl (C=O) groups is 4.